The molecule has 1 heterocycles. The minimum absolute atomic E-state index is 0.154. The molecule has 4 rings (SSSR count). The van der Waals surface area contributed by atoms with E-state index in [1.165, 1.54) is 4.90 Å². The highest BCUT2D eigenvalue weighted by molar-refractivity contribution is 8.18. The third-order valence-electron chi connectivity index (χ3n) is 5.17. The predicted molar refractivity (Wildman–Crippen MR) is 122 cm³/mol. The van der Waals surface area contributed by atoms with Crippen molar-refractivity contribution in [3.63, 3.8) is 0 Å². The van der Waals surface area contributed by atoms with Gasteiger partial charge in [0.25, 0.3) is 11.1 Å². The molecule has 1 aliphatic heterocycles. The molecule has 0 aliphatic carbocycles. The summed E-state index contributed by atoms with van der Waals surface area (Å²) in [6.45, 7) is 4.37. The molecular formula is C25H23NO3S. The highest BCUT2D eigenvalue weighted by Gasteiger charge is 2.35. The number of carbonyl (C=O) groups is 2. The first-order valence-electron chi connectivity index (χ1n) is 10.0. The summed E-state index contributed by atoms with van der Waals surface area (Å²) in [7, 11) is 0. The topological polar surface area (TPSA) is 46.6 Å². The van der Waals surface area contributed by atoms with Crippen LogP contribution in [0.1, 0.15) is 31.4 Å². The summed E-state index contributed by atoms with van der Waals surface area (Å²) in [4.78, 5) is 27.2. The normalized spacial score (nSPS) is 16.5. The first kappa shape index (κ1) is 20.2. The van der Waals surface area contributed by atoms with E-state index in [4.69, 9.17) is 4.74 Å². The molecule has 0 N–H and O–H groups in total. The zero-order valence-corrected chi connectivity index (χ0v) is 17.8. The largest absolute Gasteiger partial charge is 0.491 e. The maximum atomic E-state index is 12.9. The van der Waals surface area contributed by atoms with Crippen LogP contribution in [0.5, 0.6) is 5.75 Å². The molecule has 3 aromatic rings. The Morgan fingerprint density at radius 1 is 1.00 bits per heavy atom. The van der Waals surface area contributed by atoms with E-state index < -0.39 is 0 Å². The fraction of sp³-hybridized carbons (Fsp3) is 0.200. The molecule has 30 heavy (non-hydrogen) atoms. The van der Waals surface area contributed by atoms with Crippen LogP contribution in [-0.4, -0.2) is 22.2 Å². The molecule has 0 aromatic heterocycles. The maximum absolute atomic E-state index is 12.9. The molecule has 1 unspecified atom stereocenters. The minimum atomic E-state index is -0.252. The number of nitrogens with zero attached hydrogens (tertiary/aromatic N) is 1. The van der Waals surface area contributed by atoms with Gasteiger partial charge in [0.15, 0.2) is 0 Å². The lowest BCUT2D eigenvalue weighted by molar-refractivity contribution is -0.123. The second kappa shape index (κ2) is 8.76. The van der Waals surface area contributed by atoms with E-state index in [2.05, 4.69) is 6.92 Å². The van der Waals surface area contributed by atoms with Gasteiger partial charge in [0.05, 0.1) is 17.6 Å². The van der Waals surface area contributed by atoms with Gasteiger partial charge in [0, 0.05) is 0 Å². The Hall–Kier alpha value is -3.05. The molecule has 3 aromatic carbocycles. The molecule has 0 bridgehead atoms. The summed E-state index contributed by atoms with van der Waals surface area (Å²) < 4.78 is 5.79. The maximum Gasteiger partial charge on any atom is 0.293 e. The van der Waals surface area contributed by atoms with Crippen LogP contribution in [-0.2, 0) is 11.3 Å². The van der Waals surface area contributed by atoms with Crippen molar-refractivity contribution < 1.29 is 14.3 Å². The van der Waals surface area contributed by atoms with E-state index in [9.17, 15) is 9.59 Å². The Morgan fingerprint density at radius 2 is 1.73 bits per heavy atom. The molecule has 2 amide bonds. The number of rotatable bonds is 6. The average Bonchev–Trinajstić information content (AvgIpc) is 3.02. The summed E-state index contributed by atoms with van der Waals surface area (Å²) in [5.41, 5.74) is 1.82. The van der Waals surface area contributed by atoms with Crippen molar-refractivity contribution in [3.8, 4) is 5.75 Å². The molecule has 5 heteroatoms. The summed E-state index contributed by atoms with van der Waals surface area (Å²) in [6, 6.07) is 21.5. The van der Waals surface area contributed by atoms with Crippen molar-refractivity contribution in [2.75, 3.05) is 0 Å². The van der Waals surface area contributed by atoms with E-state index in [1.807, 2.05) is 73.7 Å². The molecule has 1 atom stereocenters. The van der Waals surface area contributed by atoms with E-state index in [-0.39, 0.29) is 23.8 Å². The number of benzene rings is 3. The van der Waals surface area contributed by atoms with E-state index in [0.717, 1.165) is 45.8 Å². The second-order valence-corrected chi connectivity index (χ2v) is 8.31. The monoisotopic (exact) mass is 417 g/mol. The number of ether oxygens (including phenoxy) is 1. The summed E-state index contributed by atoms with van der Waals surface area (Å²) in [5.74, 6) is 0.545. The van der Waals surface area contributed by atoms with Gasteiger partial charge in [-0.25, -0.2) is 0 Å². The third-order valence-corrected chi connectivity index (χ3v) is 6.08. The molecule has 1 aliphatic rings. The third kappa shape index (κ3) is 4.26. The highest BCUT2D eigenvalue weighted by atomic mass is 32.2. The molecule has 1 fully saturated rings. The highest BCUT2D eigenvalue weighted by Crippen LogP contribution is 2.34. The van der Waals surface area contributed by atoms with Gasteiger partial charge >= 0.3 is 0 Å². The van der Waals surface area contributed by atoms with Crippen LogP contribution in [0.4, 0.5) is 4.79 Å². The van der Waals surface area contributed by atoms with Crippen molar-refractivity contribution in [2.45, 2.75) is 32.9 Å². The molecular weight excluding hydrogens is 394 g/mol. The Morgan fingerprint density at radius 3 is 2.50 bits per heavy atom. The number of imide groups is 1. The number of amides is 2. The van der Waals surface area contributed by atoms with Crippen LogP contribution in [0.25, 0.3) is 16.8 Å². The standard InChI is InChI=1S/C25H23NO3S/c1-3-17(2)29-21-13-11-18(12-14-21)15-23-24(27)26(25(28)30-23)16-20-9-6-8-19-7-4-5-10-22(19)20/h4-15,17H,3,16H2,1-2H3/b23-15+. The van der Waals surface area contributed by atoms with Crippen molar-refractivity contribution in [1.29, 1.82) is 0 Å². The van der Waals surface area contributed by atoms with E-state index in [0.29, 0.717) is 4.91 Å². The number of fused-ring (bicyclic) bond motifs is 1. The van der Waals surface area contributed by atoms with Crippen LogP contribution in [0.2, 0.25) is 0 Å². The molecule has 4 nitrogen and oxygen atoms in total. The van der Waals surface area contributed by atoms with Crippen LogP contribution in [0.15, 0.2) is 71.6 Å². The SMILES string of the molecule is CCC(C)Oc1ccc(/C=C2/SC(=O)N(Cc3cccc4ccccc34)C2=O)cc1. The number of hydrogen-bond acceptors (Lipinski definition) is 4. The van der Waals surface area contributed by atoms with Gasteiger partial charge in [-0.15, -0.1) is 0 Å². The zero-order valence-electron chi connectivity index (χ0n) is 17.0. The van der Waals surface area contributed by atoms with Gasteiger partial charge < -0.3 is 4.74 Å². The van der Waals surface area contributed by atoms with E-state index in [1.54, 1.807) is 6.08 Å². The number of thioether (sulfide) groups is 1. The van der Waals surface area contributed by atoms with Gasteiger partial charge in [-0.1, -0.05) is 61.5 Å². The van der Waals surface area contributed by atoms with Gasteiger partial charge in [-0.2, -0.15) is 0 Å². The van der Waals surface area contributed by atoms with Crippen LogP contribution in [0.3, 0.4) is 0 Å². The van der Waals surface area contributed by atoms with Gasteiger partial charge in [-0.05, 0) is 65.2 Å². The molecule has 0 saturated carbocycles. The van der Waals surface area contributed by atoms with Crippen molar-refractivity contribution in [3.05, 3.63) is 82.8 Å². The Bertz CT molecular complexity index is 1120. The fourth-order valence-corrected chi connectivity index (χ4v) is 4.18. The Labute approximate surface area is 180 Å². The van der Waals surface area contributed by atoms with Crippen LogP contribution in [0, 0.1) is 0 Å². The van der Waals surface area contributed by atoms with Gasteiger partial charge in [0.2, 0.25) is 0 Å². The van der Waals surface area contributed by atoms with Crippen LogP contribution >= 0.6 is 11.8 Å². The predicted octanol–water partition coefficient (Wildman–Crippen LogP) is 6.25. The summed E-state index contributed by atoms with van der Waals surface area (Å²) in [6.07, 6.45) is 2.86. The van der Waals surface area contributed by atoms with Gasteiger partial charge in [-0.3, -0.25) is 14.5 Å². The molecule has 1 saturated heterocycles. The average molecular weight is 418 g/mol. The first-order chi connectivity index (χ1) is 14.5. The molecule has 152 valence electrons. The number of carbonyl (C=O) groups excluding carboxylic acids is 2. The lowest BCUT2D eigenvalue weighted by atomic mass is 10.0. The summed E-state index contributed by atoms with van der Waals surface area (Å²) >= 11 is 0.987. The Kier molecular flexibility index (Phi) is 5.91. The molecule has 0 spiro atoms. The second-order valence-electron chi connectivity index (χ2n) is 7.31. The summed E-state index contributed by atoms with van der Waals surface area (Å²) in [5, 5.41) is 1.91. The van der Waals surface area contributed by atoms with Crippen molar-refractivity contribution >= 4 is 39.8 Å². The van der Waals surface area contributed by atoms with Crippen molar-refractivity contribution in [2.24, 2.45) is 0 Å². The number of hydrogen-bond donors (Lipinski definition) is 0. The van der Waals surface area contributed by atoms with Crippen LogP contribution < -0.4 is 4.74 Å². The lowest BCUT2D eigenvalue weighted by Crippen LogP contribution is -2.27. The fourth-order valence-electron chi connectivity index (χ4n) is 3.35. The smallest absolute Gasteiger partial charge is 0.293 e. The quantitative estimate of drug-likeness (QED) is 0.445. The first-order valence-corrected chi connectivity index (χ1v) is 10.9. The van der Waals surface area contributed by atoms with Gasteiger partial charge in [0.1, 0.15) is 5.75 Å². The Balaban J connectivity index is 1.52. The molecule has 0 radical (unpaired) electrons. The van der Waals surface area contributed by atoms with Crippen molar-refractivity contribution in [1.82, 2.24) is 4.90 Å². The zero-order chi connectivity index (χ0) is 21.1. The lowest BCUT2D eigenvalue weighted by Gasteiger charge is -2.14. The minimum Gasteiger partial charge on any atom is -0.491 e. The van der Waals surface area contributed by atoms with E-state index >= 15 is 0 Å².